The first-order valence-electron chi connectivity index (χ1n) is 44.1. The Morgan fingerprint density at radius 2 is 0.382 bits per heavy atom. The molecule has 0 bridgehead atoms. The van der Waals surface area contributed by atoms with Gasteiger partial charge in [0.15, 0.2) is 0 Å². The number of hydrogen-bond donors (Lipinski definition) is 20. The Kier molecular flexibility index (Phi) is 84.5. The van der Waals surface area contributed by atoms with Crippen molar-refractivity contribution in [2.24, 2.45) is 56.7 Å². The summed E-state index contributed by atoms with van der Waals surface area (Å²) in [4.78, 5) is 157. The number of aliphatic hydroxyl groups is 6. The van der Waals surface area contributed by atoms with Gasteiger partial charge < -0.3 is 165 Å². The number of rotatable bonds is 81. The summed E-state index contributed by atoms with van der Waals surface area (Å²) in [5, 5.41) is 81.5. The molecule has 0 aliphatic rings. The molecule has 0 aliphatic carbocycles. The summed E-state index contributed by atoms with van der Waals surface area (Å²) in [7, 11) is 0. The van der Waals surface area contributed by atoms with E-state index in [1.54, 1.807) is 41.5 Å². The quantitative estimate of drug-likeness (QED) is 0.0199. The van der Waals surface area contributed by atoms with Gasteiger partial charge in [-0.25, -0.2) is 0 Å². The summed E-state index contributed by atoms with van der Waals surface area (Å²) in [5.41, 5.74) is 40.9. The van der Waals surface area contributed by atoms with E-state index in [0.717, 1.165) is 0 Å². The number of ether oxygens (including phenoxy) is 12. The van der Waals surface area contributed by atoms with Gasteiger partial charge in [-0.3, -0.25) is 86.9 Å². The molecule has 6 amide bonds. The molecule has 0 spiro atoms. The Hall–Kier alpha value is -6.82. The first-order valence-corrected chi connectivity index (χ1v) is 44.1. The number of nitrogens with two attached hydrogens (primary N) is 8. The Labute approximate surface area is 782 Å². The SMILES string of the molecule is CCC(COCC(O)CN(CC(=O)NCCN)CC(=O)NCCN)(COCC(O)CN(CC(=O)NCCN)CC(=O)NCCN)COCC(O)CN(CC(=O)NCCN)CC(=O)NCCN.CCOC(=O)CN(CC(=O)OCC)CC(O)COCC(CC)(COCC(O)CN(CC(=O)OCC)CC(=O)OCC)COCC(O)CN(CC(=O)OCC)CC(=O)OCC.NCCN.[V]. The molecule has 50 nitrogen and oxygen atoms in total. The molecule has 51 heteroatoms. The zero-order valence-corrected chi connectivity index (χ0v) is 79.9. The number of amides is 6. The zero-order chi connectivity index (χ0) is 98.4. The van der Waals surface area contributed by atoms with Crippen molar-refractivity contribution >= 4 is 71.3 Å². The molecule has 0 aromatic carbocycles. The van der Waals surface area contributed by atoms with Crippen molar-refractivity contribution in [3.63, 3.8) is 0 Å². The number of nitrogens with one attached hydrogen (secondary N) is 6. The van der Waals surface area contributed by atoms with Crippen LogP contribution in [0.2, 0.25) is 0 Å². The van der Waals surface area contributed by atoms with Gasteiger partial charge in [-0.15, -0.1) is 0 Å². The summed E-state index contributed by atoms with van der Waals surface area (Å²) < 4.78 is 65.9. The average Bonchev–Trinajstić information content (AvgIpc) is 0.868. The van der Waals surface area contributed by atoms with Gasteiger partial charge in [0.05, 0.1) is 234 Å². The van der Waals surface area contributed by atoms with Gasteiger partial charge in [0.2, 0.25) is 35.4 Å². The van der Waals surface area contributed by atoms with Gasteiger partial charge in [-0.2, -0.15) is 0 Å². The molecule has 0 saturated carbocycles. The molecule has 0 rings (SSSR count). The second kappa shape index (κ2) is 84.9. The summed E-state index contributed by atoms with van der Waals surface area (Å²) in [6, 6.07) is 0. The molecule has 6 unspecified atom stereocenters. The van der Waals surface area contributed by atoms with Crippen molar-refractivity contribution in [2.45, 2.75) is 105 Å². The van der Waals surface area contributed by atoms with Crippen LogP contribution in [0, 0.1) is 10.8 Å². The van der Waals surface area contributed by atoms with Gasteiger partial charge in [-0.1, -0.05) is 13.8 Å². The fraction of sp³-hybridized carbons (Fsp3) is 0.850. The van der Waals surface area contributed by atoms with Crippen LogP contribution in [-0.2, 0) is 133 Å². The molecule has 0 aromatic rings. The third-order valence-corrected chi connectivity index (χ3v) is 17.7. The van der Waals surface area contributed by atoms with E-state index in [0.29, 0.717) is 25.9 Å². The number of hydrogen-bond acceptors (Lipinski definition) is 44. The van der Waals surface area contributed by atoms with Crippen LogP contribution in [0.4, 0.5) is 0 Å². The van der Waals surface area contributed by atoms with E-state index >= 15 is 0 Å². The second-order valence-electron chi connectivity index (χ2n) is 30.0. The third kappa shape index (κ3) is 74.2. The monoisotopic (exact) mass is 1930 g/mol. The Morgan fingerprint density at radius 1 is 0.244 bits per heavy atom. The molecule has 6 atom stereocenters. The minimum absolute atomic E-state index is 0. The first kappa shape index (κ1) is 130. The van der Waals surface area contributed by atoms with Crippen LogP contribution in [-0.4, -0.2) is 496 Å². The molecule has 0 aromatic heterocycles. The van der Waals surface area contributed by atoms with Crippen molar-refractivity contribution in [3.05, 3.63) is 0 Å². The fourth-order valence-corrected chi connectivity index (χ4v) is 11.7. The number of carbonyl (C=O) groups excluding carboxylic acids is 12. The van der Waals surface area contributed by atoms with E-state index < -0.39 is 119 Å². The molecule has 28 N–H and O–H groups in total. The van der Waals surface area contributed by atoms with Gasteiger partial charge in [0, 0.05) is 160 Å². The van der Waals surface area contributed by atoms with Gasteiger partial charge in [0.25, 0.3) is 0 Å². The first-order chi connectivity index (χ1) is 62.1. The van der Waals surface area contributed by atoms with Crippen LogP contribution in [0.3, 0.4) is 0 Å². The Morgan fingerprint density at radius 3 is 0.496 bits per heavy atom. The van der Waals surface area contributed by atoms with Gasteiger partial charge >= 0.3 is 35.8 Å². The molecule has 767 valence electrons. The van der Waals surface area contributed by atoms with E-state index in [2.05, 4.69) is 31.9 Å². The predicted molar refractivity (Wildman–Crippen MR) is 475 cm³/mol. The minimum Gasteiger partial charge on any atom is -0.465 e. The van der Waals surface area contributed by atoms with Crippen molar-refractivity contribution in [3.8, 4) is 0 Å². The molecular weight excluding hydrogens is 1770 g/mol. The van der Waals surface area contributed by atoms with Crippen LogP contribution in [0.15, 0.2) is 0 Å². The Balaban J connectivity index is -0.00000118. The number of carbonyl (C=O) groups is 12. The van der Waals surface area contributed by atoms with Crippen LogP contribution in [0.5, 0.6) is 0 Å². The largest absolute Gasteiger partial charge is 0.465 e. The molecule has 1 radical (unpaired) electrons. The van der Waals surface area contributed by atoms with Crippen LogP contribution in [0.1, 0.15) is 68.2 Å². The van der Waals surface area contributed by atoms with Gasteiger partial charge in [0.1, 0.15) is 0 Å². The molecule has 0 saturated heterocycles. The van der Waals surface area contributed by atoms with E-state index in [4.69, 9.17) is 103 Å². The maximum atomic E-state index is 12.5. The molecule has 0 aliphatic heterocycles. The van der Waals surface area contributed by atoms with Crippen molar-refractivity contribution in [2.75, 3.05) is 328 Å². The number of aliphatic hydroxyl groups excluding tert-OH is 6. The Bertz CT molecular complexity index is 2590. The number of nitrogens with zero attached hydrogens (tertiary/aromatic N) is 6. The van der Waals surface area contributed by atoms with Crippen LogP contribution >= 0.6 is 0 Å². The van der Waals surface area contributed by atoms with Crippen molar-refractivity contribution in [1.29, 1.82) is 0 Å². The molecule has 131 heavy (non-hydrogen) atoms. The predicted octanol–water partition coefficient (Wildman–Crippen LogP) is -12.4. The van der Waals surface area contributed by atoms with E-state index in [1.165, 1.54) is 29.4 Å². The van der Waals surface area contributed by atoms with E-state index in [1.807, 2.05) is 13.8 Å². The molecular formula is C80H162N20O30V. The molecule has 0 fully saturated rings. The van der Waals surface area contributed by atoms with Crippen LogP contribution in [0.25, 0.3) is 0 Å². The standard InChI is InChI=1S/C39H83N15O12.C39H71N3O18.C2H8N2.V/c1-2-39(27-64-24-30(55)15-52(18-33(58)46-9-3-40)19-34(59)47-10-4-41,28-65-25-31(56)16-53(20-35(60)48-11-5-42)21-36(61)49-12-6-43)29-66-26-32(57)17-54(22-37(62)50-13-7-44)23-38(63)51-14-8-45;1-8-39(27-52-24-30(43)15-40(18-33(46)55-9-2)19-34(47)56-10-3,28-53-25-31(44)16-41(20-35(48)57-11-4)21-36(49)58-12-5)29-54-26-32(45)17-42(22-37(50)59-13-6)23-38(51)60-14-7;3-1-2-4;/h30-32,55-57H,2-29,40-45H2,1H3,(H,46,58)(H,47,59)(H,48,60)(H,49,61)(H,50,62)(H,51,63);30-32,43-45H,8-29H2,1-7H3;1-4H2;. The summed E-state index contributed by atoms with van der Waals surface area (Å²) in [6.07, 6.45) is -6.24. The smallest absolute Gasteiger partial charge is 0.320 e. The summed E-state index contributed by atoms with van der Waals surface area (Å²) in [5.74, 6) is -5.93. The van der Waals surface area contributed by atoms with Crippen molar-refractivity contribution in [1.82, 2.24) is 61.3 Å². The minimum atomic E-state index is -1.17. The van der Waals surface area contributed by atoms with Crippen LogP contribution < -0.4 is 77.8 Å². The van der Waals surface area contributed by atoms with E-state index in [-0.39, 0.29) is 334 Å². The normalized spacial score (nSPS) is 13.6. The zero-order valence-electron chi connectivity index (χ0n) is 78.5. The third-order valence-electron chi connectivity index (χ3n) is 17.7. The summed E-state index contributed by atoms with van der Waals surface area (Å²) in [6.45, 7) is 12.7. The summed E-state index contributed by atoms with van der Waals surface area (Å²) >= 11 is 0. The van der Waals surface area contributed by atoms with E-state index in [9.17, 15) is 88.2 Å². The maximum absolute atomic E-state index is 12.5. The topological polar surface area (TPSA) is 737 Å². The average molecular weight is 1940 g/mol. The maximum Gasteiger partial charge on any atom is 0.320 e. The van der Waals surface area contributed by atoms with Gasteiger partial charge in [-0.05, 0) is 54.4 Å². The van der Waals surface area contributed by atoms with Crippen molar-refractivity contribution < 1.29 is 164 Å². The molecule has 0 heterocycles. The number of esters is 6. The fourth-order valence-electron chi connectivity index (χ4n) is 11.7. The second-order valence-corrected chi connectivity index (χ2v) is 30.0.